The number of halogens is 1. The van der Waals surface area contributed by atoms with E-state index in [2.05, 4.69) is 34.6 Å². The van der Waals surface area contributed by atoms with Crippen LogP contribution >= 0.6 is 22.9 Å². The summed E-state index contributed by atoms with van der Waals surface area (Å²) in [4.78, 5) is 4.69. The average molecular weight is 345 g/mol. The van der Waals surface area contributed by atoms with Gasteiger partial charge in [0.05, 0.1) is 27.9 Å². The van der Waals surface area contributed by atoms with Gasteiger partial charge in [-0.25, -0.2) is 4.98 Å². The predicted molar refractivity (Wildman–Crippen MR) is 95.4 cm³/mol. The molecule has 2 aromatic carbocycles. The first-order valence-corrected chi connectivity index (χ1v) is 8.93. The van der Waals surface area contributed by atoms with Crippen molar-refractivity contribution in [1.29, 1.82) is 0 Å². The van der Waals surface area contributed by atoms with E-state index in [-0.39, 0.29) is 6.10 Å². The number of rotatable bonds is 3. The topological polar surface area (TPSA) is 34.2 Å². The summed E-state index contributed by atoms with van der Waals surface area (Å²) in [7, 11) is 0. The fraction of sp³-hybridized carbons (Fsp3) is 0.278. The molecule has 1 aliphatic heterocycles. The Labute approximate surface area is 144 Å². The van der Waals surface area contributed by atoms with Crippen LogP contribution in [0.3, 0.4) is 0 Å². The Bertz CT molecular complexity index is 810. The lowest BCUT2D eigenvalue weighted by atomic mass is 10.0. The SMILES string of the molecule is Clc1ccc2nc(Cc3ccc([C@H]4CNCCO4)cc3)sc2c1. The third-order valence-electron chi connectivity index (χ3n) is 4.03. The maximum absolute atomic E-state index is 6.04. The molecule has 4 rings (SSSR count). The van der Waals surface area contributed by atoms with Crippen LogP contribution in [0.1, 0.15) is 22.2 Å². The standard InChI is InChI=1S/C18H17ClN2OS/c19-14-5-6-15-17(10-14)23-18(21-15)9-12-1-3-13(4-2-12)16-11-20-7-8-22-16/h1-6,10,16,20H,7-9,11H2/t16-/m1/s1. The fourth-order valence-corrected chi connectivity index (χ4v) is 4.10. The maximum Gasteiger partial charge on any atom is 0.0982 e. The summed E-state index contributed by atoms with van der Waals surface area (Å²) in [6, 6.07) is 14.5. The maximum atomic E-state index is 6.04. The van der Waals surface area contributed by atoms with Crippen LogP contribution in [0, 0.1) is 0 Å². The minimum atomic E-state index is 0.169. The zero-order chi connectivity index (χ0) is 15.6. The summed E-state index contributed by atoms with van der Waals surface area (Å²) in [6.07, 6.45) is 1.02. The van der Waals surface area contributed by atoms with Gasteiger partial charge in [-0.1, -0.05) is 35.9 Å². The van der Waals surface area contributed by atoms with Crippen LogP contribution in [0.5, 0.6) is 0 Å². The lowest BCUT2D eigenvalue weighted by molar-refractivity contribution is 0.0277. The van der Waals surface area contributed by atoms with E-state index in [9.17, 15) is 0 Å². The molecule has 0 radical (unpaired) electrons. The number of nitrogens with zero attached hydrogens (tertiary/aromatic N) is 1. The molecule has 1 aliphatic rings. The first kappa shape index (κ1) is 15.1. The van der Waals surface area contributed by atoms with Crippen molar-refractivity contribution in [2.75, 3.05) is 19.7 Å². The van der Waals surface area contributed by atoms with Gasteiger partial charge in [-0.2, -0.15) is 0 Å². The monoisotopic (exact) mass is 344 g/mol. The summed E-state index contributed by atoms with van der Waals surface area (Å²) in [5, 5.41) is 5.24. The largest absolute Gasteiger partial charge is 0.371 e. The Morgan fingerprint density at radius 1 is 1.22 bits per heavy atom. The van der Waals surface area contributed by atoms with Gasteiger partial charge in [0.15, 0.2) is 0 Å². The number of benzene rings is 2. The van der Waals surface area contributed by atoms with Crippen molar-refractivity contribution >= 4 is 33.2 Å². The molecule has 2 heterocycles. The molecule has 0 bridgehead atoms. The third kappa shape index (κ3) is 3.40. The Morgan fingerprint density at radius 2 is 2.09 bits per heavy atom. The van der Waals surface area contributed by atoms with Crippen molar-refractivity contribution in [3.63, 3.8) is 0 Å². The summed E-state index contributed by atoms with van der Waals surface area (Å²) in [5.41, 5.74) is 3.52. The lowest BCUT2D eigenvalue weighted by Crippen LogP contribution is -2.33. The highest BCUT2D eigenvalue weighted by Gasteiger charge is 2.15. The van der Waals surface area contributed by atoms with E-state index in [0.29, 0.717) is 0 Å². The Balaban J connectivity index is 1.51. The van der Waals surface area contributed by atoms with Gasteiger partial charge in [0.2, 0.25) is 0 Å². The zero-order valence-electron chi connectivity index (χ0n) is 12.6. The summed E-state index contributed by atoms with van der Waals surface area (Å²) in [5.74, 6) is 0. The van der Waals surface area contributed by atoms with Gasteiger partial charge >= 0.3 is 0 Å². The molecule has 5 heteroatoms. The lowest BCUT2D eigenvalue weighted by Gasteiger charge is -2.24. The number of morpholine rings is 1. The van der Waals surface area contributed by atoms with E-state index in [0.717, 1.165) is 46.4 Å². The van der Waals surface area contributed by atoms with Crippen molar-refractivity contribution in [2.24, 2.45) is 0 Å². The van der Waals surface area contributed by atoms with Crippen molar-refractivity contribution in [1.82, 2.24) is 10.3 Å². The van der Waals surface area contributed by atoms with Gasteiger partial charge in [0.1, 0.15) is 0 Å². The van der Waals surface area contributed by atoms with E-state index in [1.165, 1.54) is 11.1 Å². The second kappa shape index (κ2) is 6.57. The molecular formula is C18H17ClN2OS. The number of ether oxygens (including phenoxy) is 1. The molecule has 1 N–H and O–H groups in total. The summed E-state index contributed by atoms with van der Waals surface area (Å²) < 4.78 is 6.93. The number of fused-ring (bicyclic) bond motifs is 1. The number of aromatic nitrogens is 1. The van der Waals surface area contributed by atoms with Crippen LogP contribution in [0.15, 0.2) is 42.5 Å². The molecule has 0 spiro atoms. The highest BCUT2D eigenvalue weighted by Crippen LogP contribution is 2.27. The molecule has 1 aromatic heterocycles. The fourth-order valence-electron chi connectivity index (χ4n) is 2.83. The molecule has 1 saturated heterocycles. The minimum Gasteiger partial charge on any atom is -0.371 e. The summed E-state index contributed by atoms with van der Waals surface area (Å²) >= 11 is 7.75. The average Bonchev–Trinajstić information content (AvgIpc) is 2.97. The first-order chi connectivity index (χ1) is 11.3. The Morgan fingerprint density at radius 3 is 2.87 bits per heavy atom. The molecule has 3 nitrogen and oxygen atoms in total. The number of hydrogen-bond donors (Lipinski definition) is 1. The van der Waals surface area contributed by atoms with E-state index >= 15 is 0 Å². The molecule has 118 valence electrons. The molecule has 0 saturated carbocycles. The Kier molecular flexibility index (Phi) is 4.31. The van der Waals surface area contributed by atoms with Gasteiger partial charge in [-0.3, -0.25) is 0 Å². The third-order valence-corrected chi connectivity index (χ3v) is 5.28. The zero-order valence-corrected chi connectivity index (χ0v) is 14.2. The van der Waals surface area contributed by atoms with Crippen LogP contribution in [0.4, 0.5) is 0 Å². The number of thiazole rings is 1. The molecule has 1 atom stereocenters. The second-order valence-corrected chi connectivity index (χ2v) is 7.25. The molecule has 0 unspecified atom stereocenters. The van der Waals surface area contributed by atoms with Gasteiger partial charge < -0.3 is 10.1 Å². The van der Waals surface area contributed by atoms with Gasteiger partial charge in [0, 0.05) is 24.5 Å². The summed E-state index contributed by atoms with van der Waals surface area (Å²) in [6.45, 7) is 2.61. The predicted octanol–water partition coefficient (Wildman–Crippen LogP) is 4.20. The van der Waals surface area contributed by atoms with Gasteiger partial charge in [0.25, 0.3) is 0 Å². The van der Waals surface area contributed by atoms with Crippen LogP contribution in [-0.4, -0.2) is 24.7 Å². The number of hydrogen-bond acceptors (Lipinski definition) is 4. The highest BCUT2D eigenvalue weighted by atomic mass is 35.5. The minimum absolute atomic E-state index is 0.169. The Hall–Kier alpha value is -1.46. The molecule has 0 amide bonds. The van der Waals surface area contributed by atoms with Crippen molar-refractivity contribution < 1.29 is 4.74 Å². The first-order valence-electron chi connectivity index (χ1n) is 7.74. The van der Waals surface area contributed by atoms with Gasteiger partial charge in [-0.05, 0) is 29.3 Å². The number of nitrogens with one attached hydrogen (secondary N) is 1. The van der Waals surface area contributed by atoms with Crippen LogP contribution in [-0.2, 0) is 11.2 Å². The van der Waals surface area contributed by atoms with Crippen molar-refractivity contribution in [2.45, 2.75) is 12.5 Å². The van der Waals surface area contributed by atoms with Crippen molar-refractivity contribution in [3.05, 3.63) is 63.6 Å². The van der Waals surface area contributed by atoms with Crippen LogP contribution in [0.2, 0.25) is 5.02 Å². The second-order valence-electron chi connectivity index (χ2n) is 5.70. The highest BCUT2D eigenvalue weighted by molar-refractivity contribution is 7.18. The van der Waals surface area contributed by atoms with E-state index < -0.39 is 0 Å². The van der Waals surface area contributed by atoms with Crippen molar-refractivity contribution in [3.8, 4) is 0 Å². The molecular weight excluding hydrogens is 328 g/mol. The molecule has 0 aliphatic carbocycles. The molecule has 23 heavy (non-hydrogen) atoms. The van der Waals surface area contributed by atoms with E-state index in [1.54, 1.807) is 11.3 Å². The molecule has 1 fully saturated rings. The van der Waals surface area contributed by atoms with E-state index in [1.807, 2.05) is 18.2 Å². The van der Waals surface area contributed by atoms with E-state index in [4.69, 9.17) is 16.3 Å². The quantitative estimate of drug-likeness (QED) is 0.773. The normalized spacial score (nSPS) is 18.4. The van der Waals surface area contributed by atoms with Crippen LogP contribution < -0.4 is 5.32 Å². The van der Waals surface area contributed by atoms with Crippen LogP contribution in [0.25, 0.3) is 10.2 Å². The smallest absolute Gasteiger partial charge is 0.0982 e. The molecule has 3 aromatic rings. The van der Waals surface area contributed by atoms with Gasteiger partial charge in [-0.15, -0.1) is 11.3 Å².